The van der Waals surface area contributed by atoms with Crippen molar-refractivity contribution in [3.8, 4) is 0 Å². The summed E-state index contributed by atoms with van der Waals surface area (Å²) >= 11 is 0. The SMILES string of the molecule is CC(NC(=O)C1CCCN1)c1nc(C(C)(C)C)no1.Cl. The molecule has 6 nitrogen and oxygen atoms in total. The van der Waals surface area contributed by atoms with Crippen LogP contribution in [0.3, 0.4) is 0 Å². The maximum Gasteiger partial charge on any atom is 0.248 e. The summed E-state index contributed by atoms with van der Waals surface area (Å²) in [5, 5.41) is 10.0. The standard InChI is InChI=1S/C13H22N4O2.ClH/c1-8(15-10(18)9-6-5-7-14-9)11-16-12(17-19-11)13(2,3)4;/h8-9,14H,5-7H2,1-4H3,(H,15,18);1H. The lowest BCUT2D eigenvalue weighted by Gasteiger charge is -2.14. The molecule has 0 aliphatic carbocycles. The number of hydrogen-bond donors (Lipinski definition) is 2. The van der Waals surface area contributed by atoms with Gasteiger partial charge in [0.05, 0.1) is 6.04 Å². The number of carbonyl (C=O) groups excluding carboxylic acids is 1. The molecule has 1 aliphatic heterocycles. The summed E-state index contributed by atoms with van der Waals surface area (Å²) in [4.78, 5) is 16.3. The Balaban J connectivity index is 0.00000200. The van der Waals surface area contributed by atoms with Crippen molar-refractivity contribution in [2.24, 2.45) is 0 Å². The number of hydrogen-bond acceptors (Lipinski definition) is 5. The Morgan fingerprint density at radius 3 is 2.70 bits per heavy atom. The van der Waals surface area contributed by atoms with E-state index in [4.69, 9.17) is 4.52 Å². The fourth-order valence-corrected chi connectivity index (χ4v) is 2.00. The largest absolute Gasteiger partial charge is 0.343 e. The van der Waals surface area contributed by atoms with Crippen LogP contribution in [0.4, 0.5) is 0 Å². The van der Waals surface area contributed by atoms with Gasteiger partial charge in [-0.25, -0.2) is 0 Å². The average molecular weight is 303 g/mol. The fourth-order valence-electron chi connectivity index (χ4n) is 2.00. The van der Waals surface area contributed by atoms with Crippen molar-refractivity contribution in [2.45, 2.75) is 58.0 Å². The van der Waals surface area contributed by atoms with Gasteiger partial charge in [-0.05, 0) is 26.3 Å². The zero-order valence-corrected chi connectivity index (χ0v) is 13.2. The van der Waals surface area contributed by atoms with E-state index < -0.39 is 0 Å². The van der Waals surface area contributed by atoms with Crippen LogP contribution in [0, 0.1) is 0 Å². The van der Waals surface area contributed by atoms with E-state index in [1.807, 2.05) is 27.7 Å². The van der Waals surface area contributed by atoms with Crippen molar-refractivity contribution in [3.05, 3.63) is 11.7 Å². The molecule has 1 aromatic rings. The van der Waals surface area contributed by atoms with Gasteiger partial charge < -0.3 is 15.2 Å². The monoisotopic (exact) mass is 302 g/mol. The molecule has 2 unspecified atom stereocenters. The molecule has 0 radical (unpaired) electrons. The summed E-state index contributed by atoms with van der Waals surface area (Å²) in [6, 6.07) is -0.356. The topological polar surface area (TPSA) is 80.0 Å². The number of rotatable bonds is 3. The third-order valence-corrected chi connectivity index (χ3v) is 3.22. The van der Waals surface area contributed by atoms with Crippen molar-refractivity contribution in [3.63, 3.8) is 0 Å². The van der Waals surface area contributed by atoms with Crippen LogP contribution in [0.25, 0.3) is 0 Å². The van der Waals surface area contributed by atoms with Crippen LogP contribution in [0.1, 0.15) is 58.3 Å². The van der Waals surface area contributed by atoms with Crippen LogP contribution in [0.5, 0.6) is 0 Å². The number of carbonyl (C=O) groups is 1. The number of nitrogens with zero attached hydrogens (tertiary/aromatic N) is 2. The lowest BCUT2D eigenvalue weighted by atomic mass is 9.96. The second-order valence-corrected chi connectivity index (χ2v) is 6.09. The predicted octanol–water partition coefficient (Wildman–Crippen LogP) is 1.72. The molecule has 2 N–H and O–H groups in total. The van der Waals surface area contributed by atoms with E-state index in [2.05, 4.69) is 20.8 Å². The van der Waals surface area contributed by atoms with E-state index >= 15 is 0 Å². The fraction of sp³-hybridized carbons (Fsp3) is 0.769. The molecule has 1 fully saturated rings. The highest BCUT2D eigenvalue weighted by molar-refractivity contribution is 5.85. The summed E-state index contributed by atoms with van der Waals surface area (Å²) in [5.41, 5.74) is -0.154. The summed E-state index contributed by atoms with van der Waals surface area (Å²) in [6.45, 7) is 8.82. The average Bonchev–Trinajstić information content (AvgIpc) is 3.00. The number of nitrogens with one attached hydrogen (secondary N) is 2. The maximum atomic E-state index is 12.0. The molecule has 0 aromatic carbocycles. The van der Waals surface area contributed by atoms with Gasteiger partial charge in [-0.2, -0.15) is 4.98 Å². The second kappa shape index (κ2) is 6.54. The third kappa shape index (κ3) is 3.93. The molecule has 1 saturated heterocycles. The van der Waals surface area contributed by atoms with Crippen LogP contribution in [-0.4, -0.2) is 28.6 Å². The lowest BCUT2D eigenvalue weighted by molar-refractivity contribution is -0.123. The first-order valence-corrected chi connectivity index (χ1v) is 6.76. The first kappa shape index (κ1) is 16.9. The molecule has 2 atom stereocenters. The highest BCUT2D eigenvalue weighted by Gasteiger charge is 2.27. The summed E-state index contributed by atoms with van der Waals surface area (Å²) < 4.78 is 5.22. The van der Waals surface area contributed by atoms with Crippen LogP contribution in [-0.2, 0) is 10.2 Å². The molecule has 1 aliphatic rings. The van der Waals surface area contributed by atoms with Crippen LogP contribution < -0.4 is 10.6 Å². The number of halogens is 1. The van der Waals surface area contributed by atoms with Crippen molar-refractivity contribution in [2.75, 3.05) is 6.54 Å². The molecular formula is C13H23ClN4O2. The van der Waals surface area contributed by atoms with Crippen LogP contribution >= 0.6 is 12.4 Å². The minimum atomic E-state index is -0.265. The first-order valence-electron chi connectivity index (χ1n) is 6.76. The maximum absolute atomic E-state index is 12.0. The molecule has 2 heterocycles. The lowest BCUT2D eigenvalue weighted by Crippen LogP contribution is -2.41. The van der Waals surface area contributed by atoms with Crippen molar-refractivity contribution < 1.29 is 9.32 Å². The van der Waals surface area contributed by atoms with Gasteiger partial charge >= 0.3 is 0 Å². The first-order chi connectivity index (χ1) is 8.88. The van der Waals surface area contributed by atoms with Gasteiger partial charge in [-0.3, -0.25) is 4.79 Å². The zero-order valence-electron chi connectivity index (χ0n) is 12.4. The number of aromatic nitrogens is 2. The summed E-state index contributed by atoms with van der Waals surface area (Å²) in [7, 11) is 0. The Morgan fingerprint density at radius 2 is 2.20 bits per heavy atom. The Morgan fingerprint density at radius 1 is 1.50 bits per heavy atom. The van der Waals surface area contributed by atoms with Gasteiger partial charge in [0.2, 0.25) is 11.8 Å². The third-order valence-electron chi connectivity index (χ3n) is 3.22. The Bertz CT molecular complexity index is 449. The van der Waals surface area contributed by atoms with E-state index in [9.17, 15) is 4.79 Å². The molecule has 0 saturated carbocycles. The molecule has 0 spiro atoms. The molecule has 1 aromatic heterocycles. The summed E-state index contributed by atoms with van der Waals surface area (Å²) in [6.07, 6.45) is 1.93. The van der Waals surface area contributed by atoms with Gasteiger partial charge in [0.15, 0.2) is 5.82 Å². The minimum absolute atomic E-state index is 0. The molecular weight excluding hydrogens is 280 g/mol. The minimum Gasteiger partial charge on any atom is -0.343 e. The molecule has 7 heteroatoms. The van der Waals surface area contributed by atoms with E-state index in [1.165, 1.54) is 0 Å². The molecule has 1 amide bonds. The normalized spacial score (nSPS) is 20.3. The Kier molecular flexibility index (Phi) is 5.53. The second-order valence-electron chi connectivity index (χ2n) is 6.09. The highest BCUT2D eigenvalue weighted by atomic mass is 35.5. The van der Waals surface area contributed by atoms with Crippen LogP contribution in [0.2, 0.25) is 0 Å². The molecule has 2 rings (SSSR count). The Hall–Kier alpha value is -1.14. The van der Waals surface area contributed by atoms with Crippen LogP contribution in [0.15, 0.2) is 4.52 Å². The van der Waals surface area contributed by atoms with Gasteiger partial charge in [0, 0.05) is 5.41 Å². The van der Waals surface area contributed by atoms with E-state index in [0.29, 0.717) is 11.7 Å². The quantitative estimate of drug-likeness (QED) is 0.888. The van der Waals surface area contributed by atoms with E-state index in [0.717, 1.165) is 19.4 Å². The molecule has 114 valence electrons. The number of amides is 1. The molecule has 20 heavy (non-hydrogen) atoms. The zero-order chi connectivity index (χ0) is 14.0. The van der Waals surface area contributed by atoms with Crippen molar-refractivity contribution in [1.29, 1.82) is 0 Å². The smallest absolute Gasteiger partial charge is 0.248 e. The van der Waals surface area contributed by atoms with Crippen molar-refractivity contribution in [1.82, 2.24) is 20.8 Å². The summed E-state index contributed by atoms with van der Waals surface area (Å²) in [5.74, 6) is 1.11. The highest BCUT2D eigenvalue weighted by Crippen LogP contribution is 2.20. The predicted molar refractivity (Wildman–Crippen MR) is 77.8 cm³/mol. The van der Waals surface area contributed by atoms with Gasteiger partial charge in [0.1, 0.15) is 6.04 Å². The van der Waals surface area contributed by atoms with Gasteiger partial charge in [-0.1, -0.05) is 25.9 Å². The molecule has 0 bridgehead atoms. The van der Waals surface area contributed by atoms with Crippen molar-refractivity contribution >= 4 is 18.3 Å². The Labute approximate surface area is 125 Å². The van der Waals surface area contributed by atoms with E-state index in [1.54, 1.807) is 0 Å². The van der Waals surface area contributed by atoms with Gasteiger partial charge in [-0.15, -0.1) is 12.4 Å². The van der Waals surface area contributed by atoms with E-state index in [-0.39, 0.29) is 35.8 Å². The van der Waals surface area contributed by atoms with Gasteiger partial charge in [0.25, 0.3) is 0 Å².